The summed E-state index contributed by atoms with van der Waals surface area (Å²) >= 11 is 0. The van der Waals surface area contributed by atoms with E-state index < -0.39 is 0 Å². The Labute approximate surface area is 74.4 Å². The molecule has 0 unspecified atom stereocenters. The molecule has 1 fully saturated rings. The molecule has 0 spiro atoms. The van der Waals surface area contributed by atoms with E-state index in [0.717, 1.165) is 39.3 Å². The number of hydrogen-bond donors (Lipinski definition) is 1. The van der Waals surface area contributed by atoms with Gasteiger partial charge in [0.05, 0.1) is 13.2 Å². The fourth-order valence-electron chi connectivity index (χ4n) is 1.06. The van der Waals surface area contributed by atoms with Crippen molar-refractivity contribution in [1.82, 2.24) is 5.32 Å². The molecule has 0 aromatic carbocycles. The molecule has 0 aromatic heterocycles. The summed E-state index contributed by atoms with van der Waals surface area (Å²) in [6.07, 6.45) is 2.70. The van der Waals surface area contributed by atoms with E-state index in [1.165, 1.54) is 6.42 Å². The number of nitrogens with one attached hydrogen (secondary N) is 1. The van der Waals surface area contributed by atoms with Gasteiger partial charge in [-0.05, 0) is 25.9 Å². The zero-order chi connectivity index (χ0) is 8.65. The lowest BCUT2D eigenvalue weighted by molar-refractivity contribution is -0.129. The largest absolute Gasteiger partial charge is 0.376 e. The molecule has 0 atom stereocenters. The fraction of sp³-hybridized carbons (Fsp3) is 1.00. The summed E-state index contributed by atoms with van der Waals surface area (Å²) in [5, 5.41) is 3.33. The van der Waals surface area contributed by atoms with Crippen LogP contribution in [0.1, 0.15) is 19.8 Å². The summed E-state index contributed by atoms with van der Waals surface area (Å²) in [6.45, 7) is 6.82. The summed E-state index contributed by atoms with van der Waals surface area (Å²) in [6, 6.07) is 0. The Bertz CT molecular complexity index is 105. The van der Waals surface area contributed by atoms with E-state index in [1.807, 2.05) is 0 Å². The molecule has 1 N–H and O–H groups in total. The molecule has 1 saturated heterocycles. The monoisotopic (exact) mass is 173 g/mol. The topological polar surface area (TPSA) is 30.5 Å². The Balaban J connectivity index is 1.70. The first kappa shape index (κ1) is 9.96. The van der Waals surface area contributed by atoms with Crippen LogP contribution in [0.2, 0.25) is 0 Å². The second-order valence-corrected chi connectivity index (χ2v) is 3.13. The van der Waals surface area contributed by atoms with Crippen molar-refractivity contribution >= 4 is 0 Å². The van der Waals surface area contributed by atoms with Gasteiger partial charge in [-0.1, -0.05) is 6.92 Å². The summed E-state index contributed by atoms with van der Waals surface area (Å²) in [7, 11) is 0. The van der Waals surface area contributed by atoms with Gasteiger partial charge in [-0.2, -0.15) is 0 Å². The van der Waals surface area contributed by atoms with Gasteiger partial charge in [0.25, 0.3) is 0 Å². The molecular formula is C9H19NO2. The van der Waals surface area contributed by atoms with E-state index >= 15 is 0 Å². The van der Waals surface area contributed by atoms with Gasteiger partial charge >= 0.3 is 0 Å². The van der Waals surface area contributed by atoms with Crippen molar-refractivity contribution in [2.75, 3.05) is 32.9 Å². The second-order valence-electron chi connectivity index (χ2n) is 3.13. The lowest BCUT2D eigenvalue weighted by Gasteiger charge is -2.25. The lowest BCUT2D eigenvalue weighted by Crippen LogP contribution is -2.36. The normalized spacial score (nSPS) is 17.8. The highest BCUT2D eigenvalue weighted by atomic mass is 16.6. The quantitative estimate of drug-likeness (QED) is 0.577. The van der Waals surface area contributed by atoms with Crippen molar-refractivity contribution in [3.8, 4) is 0 Å². The highest BCUT2D eigenvalue weighted by Gasteiger charge is 2.17. The molecule has 3 nitrogen and oxygen atoms in total. The summed E-state index contributed by atoms with van der Waals surface area (Å²) < 4.78 is 10.5. The van der Waals surface area contributed by atoms with Crippen LogP contribution in [-0.2, 0) is 9.47 Å². The van der Waals surface area contributed by atoms with E-state index in [0.29, 0.717) is 6.10 Å². The van der Waals surface area contributed by atoms with Gasteiger partial charge in [-0.15, -0.1) is 0 Å². The molecule has 12 heavy (non-hydrogen) atoms. The smallest absolute Gasteiger partial charge is 0.104 e. The van der Waals surface area contributed by atoms with Crippen molar-refractivity contribution in [3.05, 3.63) is 0 Å². The van der Waals surface area contributed by atoms with Crippen LogP contribution in [0.25, 0.3) is 0 Å². The predicted molar refractivity (Wildman–Crippen MR) is 48.3 cm³/mol. The second kappa shape index (κ2) is 6.40. The minimum atomic E-state index is 0.385. The maximum absolute atomic E-state index is 5.49. The zero-order valence-electron chi connectivity index (χ0n) is 7.84. The van der Waals surface area contributed by atoms with Gasteiger partial charge in [-0.3, -0.25) is 0 Å². The first-order valence-electron chi connectivity index (χ1n) is 4.83. The molecule has 72 valence electrons. The van der Waals surface area contributed by atoms with E-state index in [2.05, 4.69) is 12.2 Å². The third-order valence-corrected chi connectivity index (χ3v) is 1.89. The zero-order valence-corrected chi connectivity index (χ0v) is 7.84. The van der Waals surface area contributed by atoms with Crippen LogP contribution in [0.3, 0.4) is 0 Å². The molecule has 1 rings (SSSR count). The lowest BCUT2D eigenvalue weighted by atomic mass is 10.3. The van der Waals surface area contributed by atoms with Crippen molar-refractivity contribution in [1.29, 1.82) is 0 Å². The molecule has 0 aromatic rings. The van der Waals surface area contributed by atoms with Gasteiger partial charge in [-0.25, -0.2) is 0 Å². The Morgan fingerprint density at radius 2 is 2.25 bits per heavy atom. The van der Waals surface area contributed by atoms with Crippen LogP contribution in [0, 0.1) is 0 Å². The van der Waals surface area contributed by atoms with E-state index in [-0.39, 0.29) is 0 Å². The molecule has 0 aliphatic carbocycles. The van der Waals surface area contributed by atoms with Crippen molar-refractivity contribution in [3.63, 3.8) is 0 Å². The highest BCUT2D eigenvalue weighted by Crippen LogP contribution is 2.04. The molecule has 0 amide bonds. The Morgan fingerprint density at radius 3 is 2.83 bits per heavy atom. The van der Waals surface area contributed by atoms with E-state index in [1.54, 1.807) is 0 Å². The van der Waals surface area contributed by atoms with Gasteiger partial charge in [0.2, 0.25) is 0 Å². The SMILES string of the molecule is CCCNCCCOC1COC1. The van der Waals surface area contributed by atoms with Crippen molar-refractivity contribution in [2.24, 2.45) is 0 Å². The highest BCUT2D eigenvalue weighted by molar-refractivity contribution is 4.63. The van der Waals surface area contributed by atoms with Crippen LogP contribution < -0.4 is 5.32 Å². The van der Waals surface area contributed by atoms with Crippen LogP contribution in [0.5, 0.6) is 0 Å². The Hall–Kier alpha value is -0.120. The number of rotatable bonds is 7. The number of ether oxygens (including phenoxy) is 2. The summed E-state index contributed by atoms with van der Waals surface area (Å²) in [5.41, 5.74) is 0. The first-order chi connectivity index (χ1) is 5.93. The molecule has 1 aliphatic heterocycles. The maximum atomic E-state index is 5.49. The van der Waals surface area contributed by atoms with Gasteiger partial charge < -0.3 is 14.8 Å². The predicted octanol–water partition coefficient (Wildman–Crippen LogP) is 0.791. The number of hydrogen-bond acceptors (Lipinski definition) is 3. The van der Waals surface area contributed by atoms with Crippen molar-refractivity contribution in [2.45, 2.75) is 25.9 Å². The average Bonchev–Trinajstić information content (AvgIpc) is 2.00. The fourth-order valence-corrected chi connectivity index (χ4v) is 1.06. The molecule has 0 saturated carbocycles. The average molecular weight is 173 g/mol. The molecular weight excluding hydrogens is 154 g/mol. The summed E-state index contributed by atoms with van der Waals surface area (Å²) in [5.74, 6) is 0. The third-order valence-electron chi connectivity index (χ3n) is 1.89. The third kappa shape index (κ3) is 4.04. The van der Waals surface area contributed by atoms with E-state index in [9.17, 15) is 0 Å². The summed E-state index contributed by atoms with van der Waals surface area (Å²) in [4.78, 5) is 0. The van der Waals surface area contributed by atoms with Crippen LogP contribution in [0.4, 0.5) is 0 Å². The molecule has 1 heterocycles. The standard InChI is InChI=1S/C9H19NO2/c1-2-4-10-5-3-6-12-9-7-11-8-9/h9-10H,2-8H2,1H3. The molecule has 0 radical (unpaired) electrons. The van der Waals surface area contributed by atoms with E-state index in [4.69, 9.17) is 9.47 Å². The first-order valence-corrected chi connectivity index (χ1v) is 4.83. The molecule has 0 bridgehead atoms. The van der Waals surface area contributed by atoms with Crippen LogP contribution in [0.15, 0.2) is 0 Å². The minimum Gasteiger partial charge on any atom is -0.376 e. The minimum absolute atomic E-state index is 0.385. The Morgan fingerprint density at radius 1 is 1.42 bits per heavy atom. The van der Waals surface area contributed by atoms with Gasteiger partial charge in [0.15, 0.2) is 0 Å². The van der Waals surface area contributed by atoms with Crippen LogP contribution >= 0.6 is 0 Å². The van der Waals surface area contributed by atoms with Gasteiger partial charge in [0, 0.05) is 6.61 Å². The van der Waals surface area contributed by atoms with Crippen molar-refractivity contribution < 1.29 is 9.47 Å². The Kier molecular flexibility index (Phi) is 5.32. The molecule has 3 heteroatoms. The molecule has 1 aliphatic rings. The van der Waals surface area contributed by atoms with Gasteiger partial charge in [0.1, 0.15) is 6.10 Å². The maximum Gasteiger partial charge on any atom is 0.104 e. The van der Waals surface area contributed by atoms with Crippen LogP contribution in [-0.4, -0.2) is 39.0 Å².